The van der Waals surface area contributed by atoms with Crippen molar-refractivity contribution in [1.82, 2.24) is 14.5 Å². The number of rotatable bonds is 6. The summed E-state index contributed by atoms with van der Waals surface area (Å²) in [5, 5.41) is 3.99. The van der Waals surface area contributed by atoms with Gasteiger partial charge in [0.1, 0.15) is 4.88 Å². The maximum atomic E-state index is 12.6. The molecule has 0 fully saturated rings. The summed E-state index contributed by atoms with van der Waals surface area (Å²) in [5.74, 6) is 0.369. The van der Waals surface area contributed by atoms with Crippen LogP contribution in [-0.2, 0) is 13.0 Å². The second-order valence-corrected chi connectivity index (χ2v) is 5.44. The Kier molecular flexibility index (Phi) is 5.49. The van der Waals surface area contributed by atoms with E-state index in [0.717, 1.165) is 22.8 Å². The Morgan fingerprint density at radius 1 is 1.35 bits per heavy atom. The average Bonchev–Trinajstić information content (AvgIpc) is 2.95. The van der Waals surface area contributed by atoms with Crippen LogP contribution in [0, 0.1) is 0 Å². The van der Waals surface area contributed by atoms with Gasteiger partial charge in [0.25, 0.3) is 5.91 Å². The van der Waals surface area contributed by atoms with E-state index < -0.39 is 0 Å². The number of aromatic nitrogens is 2. The van der Waals surface area contributed by atoms with E-state index in [-0.39, 0.29) is 5.91 Å². The molecule has 6 heteroatoms. The summed E-state index contributed by atoms with van der Waals surface area (Å²) in [5.41, 5.74) is 1.84. The lowest BCUT2D eigenvalue weighted by Gasteiger charge is -2.21. The van der Waals surface area contributed by atoms with Crippen molar-refractivity contribution in [3.63, 3.8) is 0 Å². The van der Waals surface area contributed by atoms with E-state index in [0.29, 0.717) is 30.3 Å². The second kappa shape index (κ2) is 7.36. The molecule has 2 rings (SSSR count). The first-order valence-electron chi connectivity index (χ1n) is 6.46. The number of carbonyl (C=O) groups is 1. The van der Waals surface area contributed by atoms with Crippen LogP contribution in [0.4, 0.5) is 0 Å². The van der Waals surface area contributed by atoms with Gasteiger partial charge in [0.05, 0.1) is 5.69 Å². The minimum atomic E-state index is -0.0404. The lowest BCUT2D eigenvalue weighted by molar-refractivity contribution is 0.0757. The van der Waals surface area contributed by atoms with Crippen LogP contribution in [-0.4, -0.2) is 32.8 Å². The van der Waals surface area contributed by atoms with Gasteiger partial charge in [0, 0.05) is 19.0 Å². The van der Waals surface area contributed by atoms with Gasteiger partial charge in [0.15, 0.2) is 0 Å². The van der Waals surface area contributed by atoms with Crippen molar-refractivity contribution in [1.29, 1.82) is 0 Å². The molecule has 0 saturated carbocycles. The van der Waals surface area contributed by atoms with Gasteiger partial charge in [-0.3, -0.25) is 4.79 Å². The Morgan fingerprint density at radius 2 is 2.10 bits per heavy atom. The van der Waals surface area contributed by atoms with Crippen molar-refractivity contribution in [2.24, 2.45) is 0 Å². The van der Waals surface area contributed by atoms with Gasteiger partial charge in [-0.2, -0.15) is 0 Å². The molecule has 1 heterocycles. The van der Waals surface area contributed by atoms with Gasteiger partial charge in [0.2, 0.25) is 0 Å². The van der Waals surface area contributed by atoms with Crippen molar-refractivity contribution in [2.75, 3.05) is 12.4 Å². The van der Waals surface area contributed by atoms with Gasteiger partial charge in [-0.25, -0.2) is 0 Å². The van der Waals surface area contributed by atoms with Crippen LogP contribution in [0.2, 0.25) is 0 Å². The summed E-state index contributed by atoms with van der Waals surface area (Å²) in [6.45, 7) is 3.03. The maximum absolute atomic E-state index is 12.6. The lowest BCUT2D eigenvalue weighted by Crippen LogP contribution is -2.32. The summed E-state index contributed by atoms with van der Waals surface area (Å²) in [6, 6.07) is 9.88. The number of hydrogen-bond acceptors (Lipinski definition) is 4. The molecule has 0 aliphatic heterocycles. The molecule has 106 valence electrons. The van der Waals surface area contributed by atoms with E-state index in [2.05, 4.69) is 9.59 Å². The fraction of sp³-hybridized carbons (Fsp3) is 0.357. The van der Waals surface area contributed by atoms with E-state index >= 15 is 0 Å². The Morgan fingerprint density at radius 3 is 2.75 bits per heavy atom. The fourth-order valence-corrected chi connectivity index (χ4v) is 2.83. The van der Waals surface area contributed by atoms with Gasteiger partial charge in [-0.1, -0.05) is 41.7 Å². The SMILES string of the molecule is CCc1nnsc1C(=O)N(CCCl)Cc1ccccc1. The molecule has 1 aromatic carbocycles. The van der Waals surface area contributed by atoms with Crippen LogP contribution < -0.4 is 0 Å². The summed E-state index contributed by atoms with van der Waals surface area (Å²) >= 11 is 6.97. The molecule has 0 N–H and O–H groups in total. The molecule has 0 aliphatic rings. The highest BCUT2D eigenvalue weighted by Crippen LogP contribution is 2.16. The number of benzene rings is 1. The Hall–Kier alpha value is -1.46. The molecule has 4 nitrogen and oxygen atoms in total. The Labute approximate surface area is 127 Å². The number of nitrogens with zero attached hydrogens (tertiary/aromatic N) is 3. The van der Waals surface area contributed by atoms with Crippen molar-refractivity contribution in [3.05, 3.63) is 46.5 Å². The molecule has 0 saturated heterocycles. The number of carbonyl (C=O) groups excluding carboxylic acids is 1. The molecule has 0 bridgehead atoms. The molecule has 0 atom stereocenters. The summed E-state index contributed by atoms with van der Waals surface area (Å²) in [7, 11) is 0. The van der Waals surface area contributed by atoms with Gasteiger partial charge in [-0.15, -0.1) is 16.7 Å². The van der Waals surface area contributed by atoms with Gasteiger partial charge in [-0.05, 0) is 23.5 Å². The first kappa shape index (κ1) is 14.9. The van der Waals surface area contributed by atoms with Crippen molar-refractivity contribution < 1.29 is 4.79 Å². The van der Waals surface area contributed by atoms with E-state index in [1.54, 1.807) is 4.90 Å². The van der Waals surface area contributed by atoms with Crippen LogP contribution in [0.1, 0.15) is 27.9 Å². The summed E-state index contributed by atoms with van der Waals surface area (Å²) < 4.78 is 3.87. The standard InChI is InChI=1S/C14H16ClN3OS/c1-2-12-13(20-17-16-12)14(19)18(9-8-15)10-11-6-4-3-5-7-11/h3-7H,2,8-10H2,1H3. The third-order valence-electron chi connectivity index (χ3n) is 2.94. The highest BCUT2D eigenvalue weighted by atomic mass is 35.5. The van der Waals surface area contributed by atoms with Gasteiger partial charge < -0.3 is 4.90 Å². The quantitative estimate of drug-likeness (QED) is 0.771. The monoisotopic (exact) mass is 309 g/mol. The molecule has 20 heavy (non-hydrogen) atoms. The molecule has 0 radical (unpaired) electrons. The third-order valence-corrected chi connectivity index (χ3v) is 3.87. The average molecular weight is 310 g/mol. The summed E-state index contributed by atoms with van der Waals surface area (Å²) in [4.78, 5) is 14.9. The number of hydrogen-bond donors (Lipinski definition) is 0. The zero-order chi connectivity index (χ0) is 14.4. The highest BCUT2D eigenvalue weighted by Gasteiger charge is 2.21. The van der Waals surface area contributed by atoms with E-state index in [9.17, 15) is 4.79 Å². The second-order valence-electron chi connectivity index (χ2n) is 4.30. The predicted octanol–water partition coefficient (Wildman–Crippen LogP) is 2.98. The fourth-order valence-electron chi connectivity index (χ4n) is 1.90. The molecule has 0 spiro atoms. The number of amides is 1. The van der Waals surface area contributed by atoms with Crippen LogP contribution >= 0.6 is 23.1 Å². The zero-order valence-electron chi connectivity index (χ0n) is 11.3. The van der Waals surface area contributed by atoms with Crippen LogP contribution in [0.25, 0.3) is 0 Å². The minimum Gasteiger partial charge on any atom is -0.332 e. The molecule has 0 aliphatic carbocycles. The molecule has 0 unspecified atom stereocenters. The van der Waals surface area contributed by atoms with E-state index in [1.165, 1.54) is 0 Å². The van der Waals surface area contributed by atoms with Crippen molar-refractivity contribution in [2.45, 2.75) is 19.9 Å². The van der Waals surface area contributed by atoms with Crippen molar-refractivity contribution in [3.8, 4) is 0 Å². The number of alkyl halides is 1. The molecular formula is C14H16ClN3OS. The number of aryl methyl sites for hydroxylation is 1. The highest BCUT2D eigenvalue weighted by molar-refractivity contribution is 7.08. The largest absolute Gasteiger partial charge is 0.332 e. The molecular weight excluding hydrogens is 294 g/mol. The third kappa shape index (κ3) is 3.55. The Bertz CT molecular complexity index is 559. The van der Waals surface area contributed by atoms with Gasteiger partial charge >= 0.3 is 0 Å². The first-order valence-corrected chi connectivity index (χ1v) is 7.77. The van der Waals surface area contributed by atoms with Crippen LogP contribution in [0.3, 0.4) is 0 Å². The number of halogens is 1. The molecule has 1 aromatic heterocycles. The molecule has 2 aromatic rings. The van der Waals surface area contributed by atoms with Crippen LogP contribution in [0.15, 0.2) is 30.3 Å². The predicted molar refractivity (Wildman–Crippen MR) is 81.2 cm³/mol. The first-order chi connectivity index (χ1) is 9.76. The zero-order valence-corrected chi connectivity index (χ0v) is 12.8. The summed E-state index contributed by atoms with van der Waals surface area (Å²) in [6.07, 6.45) is 0.706. The van der Waals surface area contributed by atoms with E-state index in [1.807, 2.05) is 37.3 Å². The van der Waals surface area contributed by atoms with E-state index in [4.69, 9.17) is 11.6 Å². The molecule has 1 amide bonds. The Balaban J connectivity index is 2.18. The smallest absolute Gasteiger partial charge is 0.267 e. The topological polar surface area (TPSA) is 46.1 Å². The van der Waals surface area contributed by atoms with Crippen LogP contribution in [0.5, 0.6) is 0 Å². The normalized spacial score (nSPS) is 10.5. The maximum Gasteiger partial charge on any atom is 0.267 e. The minimum absolute atomic E-state index is 0.0404. The lowest BCUT2D eigenvalue weighted by atomic mass is 10.2. The van der Waals surface area contributed by atoms with Crippen molar-refractivity contribution >= 4 is 29.0 Å².